The average Bonchev–Trinajstić information content (AvgIpc) is 2.38. The van der Waals surface area contributed by atoms with E-state index in [-0.39, 0.29) is 31.5 Å². The van der Waals surface area contributed by atoms with Crippen molar-refractivity contribution < 1.29 is 21.6 Å². The Labute approximate surface area is 127 Å². The van der Waals surface area contributed by atoms with Gasteiger partial charge in [0.15, 0.2) is 0 Å². The third-order valence-corrected chi connectivity index (χ3v) is 5.07. The second-order valence-corrected chi connectivity index (χ2v) is 6.62. The minimum Gasteiger partial charge on any atom is -0.312 e. The van der Waals surface area contributed by atoms with Crippen LogP contribution in [0.4, 0.5) is 13.2 Å². The molecular formula is C12H16ClF3N2O2S. The molecule has 2 rings (SSSR count). The van der Waals surface area contributed by atoms with Crippen LogP contribution in [0.2, 0.25) is 0 Å². The van der Waals surface area contributed by atoms with Gasteiger partial charge >= 0.3 is 6.18 Å². The Morgan fingerprint density at radius 2 is 1.90 bits per heavy atom. The van der Waals surface area contributed by atoms with Gasteiger partial charge in [0, 0.05) is 25.7 Å². The van der Waals surface area contributed by atoms with Crippen LogP contribution in [0, 0.1) is 0 Å². The molecule has 1 atom stereocenters. The van der Waals surface area contributed by atoms with E-state index in [0.717, 1.165) is 16.4 Å². The lowest BCUT2D eigenvalue weighted by Gasteiger charge is -2.31. The first-order valence-corrected chi connectivity index (χ1v) is 7.56. The topological polar surface area (TPSA) is 49.4 Å². The quantitative estimate of drug-likeness (QED) is 0.894. The molecule has 1 aromatic carbocycles. The molecule has 0 spiro atoms. The summed E-state index contributed by atoms with van der Waals surface area (Å²) < 4.78 is 64.7. The van der Waals surface area contributed by atoms with Crippen LogP contribution in [-0.4, -0.2) is 38.4 Å². The summed E-state index contributed by atoms with van der Waals surface area (Å²) in [6.45, 7) is 2.54. The van der Waals surface area contributed by atoms with Crippen molar-refractivity contribution in [2.45, 2.75) is 24.0 Å². The van der Waals surface area contributed by atoms with E-state index in [4.69, 9.17) is 0 Å². The van der Waals surface area contributed by atoms with Crippen LogP contribution in [0.3, 0.4) is 0 Å². The first kappa shape index (κ1) is 18.2. The van der Waals surface area contributed by atoms with Crippen molar-refractivity contribution in [3.63, 3.8) is 0 Å². The minimum absolute atomic E-state index is 0. The van der Waals surface area contributed by atoms with Crippen molar-refractivity contribution in [2.24, 2.45) is 0 Å². The lowest BCUT2D eigenvalue weighted by molar-refractivity contribution is -0.139. The Bertz CT molecular complexity index is 592. The number of alkyl halides is 3. The van der Waals surface area contributed by atoms with E-state index < -0.39 is 26.7 Å². The molecule has 1 aliphatic heterocycles. The zero-order chi connectivity index (χ0) is 15.0. The number of benzene rings is 1. The highest BCUT2D eigenvalue weighted by atomic mass is 35.5. The maximum Gasteiger partial charge on any atom is 0.417 e. The van der Waals surface area contributed by atoms with Gasteiger partial charge in [-0.2, -0.15) is 17.5 Å². The molecule has 0 saturated carbocycles. The maximum atomic E-state index is 12.9. The monoisotopic (exact) mass is 344 g/mol. The number of nitrogens with one attached hydrogen (secondary N) is 1. The van der Waals surface area contributed by atoms with Crippen molar-refractivity contribution in [2.75, 3.05) is 19.6 Å². The van der Waals surface area contributed by atoms with Gasteiger partial charge in [-0.1, -0.05) is 12.1 Å². The van der Waals surface area contributed by atoms with Crippen molar-refractivity contribution in [3.8, 4) is 0 Å². The Kier molecular flexibility index (Phi) is 5.65. The first-order valence-electron chi connectivity index (χ1n) is 6.12. The van der Waals surface area contributed by atoms with Gasteiger partial charge in [0.2, 0.25) is 10.0 Å². The Hall–Kier alpha value is -0.830. The van der Waals surface area contributed by atoms with E-state index in [9.17, 15) is 21.6 Å². The van der Waals surface area contributed by atoms with Crippen LogP contribution in [0.25, 0.3) is 0 Å². The normalized spacial score (nSPS) is 20.9. The smallest absolute Gasteiger partial charge is 0.312 e. The number of halogens is 4. The van der Waals surface area contributed by atoms with E-state index in [2.05, 4.69) is 5.32 Å². The van der Waals surface area contributed by atoms with Crippen LogP contribution in [0.15, 0.2) is 29.2 Å². The van der Waals surface area contributed by atoms with Crippen LogP contribution in [-0.2, 0) is 16.2 Å². The number of hydrogen-bond donors (Lipinski definition) is 1. The maximum absolute atomic E-state index is 12.9. The van der Waals surface area contributed by atoms with E-state index in [1.54, 1.807) is 6.92 Å². The molecule has 1 fully saturated rings. The molecular weight excluding hydrogens is 329 g/mol. The van der Waals surface area contributed by atoms with Crippen molar-refractivity contribution in [3.05, 3.63) is 29.8 Å². The van der Waals surface area contributed by atoms with Gasteiger partial charge in [-0.15, -0.1) is 12.4 Å². The van der Waals surface area contributed by atoms with Gasteiger partial charge in [0.1, 0.15) is 0 Å². The lowest BCUT2D eigenvalue weighted by atomic mass is 10.2. The number of nitrogens with zero attached hydrogens (tertiary/aromatic N) is 1. The molecule has 0 radical (unpaired) electrons. The zero-order valence-electron chi connectivity index (χ0n) is 11.2. The summed E-state index contributed by atoms with van der Waals surface area (Å²) in [6.07, 6.45) is -4.69. The standard InChI is InChI=1S/C12H15F3N2O2S.ClH/c1-9-8-17(7-6-16-9)20(18,19)11-5-3-2-4-10(11)12(13,14)15;/h2-5,9,16H,6-8H2,1H3;1H. The summed E-state index contributed by atoms with van der Waals surface area (Å²) >= 11 is 0. The number of sulfonamides is 1. The van der Waals surface area contributed by atoms with E-state index in [1.165, 1.54) is 12.1 Å². The van der Waals surface area contributed by atoms with Crippen LogP contribution < -0.4 is 5.32 Å². The van der Waals surface area contributed by atoms with Crippen molar-refractivity contribution >= 4 is 22.4 Å². The number of rotatable bonds is 2. The first-order chi connectivity index (χ1) is 9.23. The summed E-state index contributed by atoms with van der Waals surface area (Å²) in [5, 5.41) is 3.05. The molecule has 1 unspecified atom stereocenters. The van der Waals surface area contributed by atoms with Gasteiger partial charge in [0.25, 0.3) is 0 Å². The lowest BCUT2D eigenvalue weighted by Crippen LogP contribution is -2.51. The highest BCUT2D eigenvalue weighted by molar-refractivity contribution is 7.89. The molecule has 120 valence electrons. The third-order valence-electron chi connectivity index (χ3n) is 3.14. The molecule has 9 heteroatoms. The largest absolute Gasteiger partial charge is 0.417 e. The second-order valence-electron chi connectivity index (χ2n) is 4.71. The highest BCUT2D eigenvalue weighted by Crippen LogP contribution is 2.35. The Morgan fingerprint density at radius 1 is 1.29 bits per heavy atom. The third kappa shape index (κ3) is 3.88. The number of hydrogen-bond acceptors (Lipinski definition) is 3. The molecule has 21 heavy (non-hydrogen) atoms. The van der Waals surface area contributed by atoms with E-state index in [0.29, 0.717) is 6.54 Å². The van der Waals surface area contributed by atoms with Gasteiger partial charge in [-0.05, 0) is 19.1 Å². The predicted octanol–water partition coefficient (Wildman–Crippen LogP) is 2.11. The molecule has 1 heterocycles. The van der Waals surface area contributed by atoms with Crippen molar-refractivity contribution in [1.82, 2.24) is 9.62 Å². The summed E-state index contributed by atoms with van der Waals surface area (Å²) in [7, 11) is -4.14. The second kappa shape index (κ2) is 6.51. The Morgan fingerprint density at radius 3 is 2.48 bits per heavy atom. The summed E-state index contributed by atoms with van der Waals surface area (Å²) in [5.41, 5.74) is -1.12. The number of piperazine rings is 1. The van der Waals surface area contributed by atoms with E-state index >= 15 is 0 Å². The van der Waals surface area contributed by atoms with Crippen molar-refractivity contribution in [1.29, 1.82) is 0 Å². The fourth-order valence-electron chi connectivity index (χ4n) is 2.18. The molecule has 1 aromatic rings. The molecule has 0 amide bonds. The molecule has 0 aliphatic carbocycles. The van der Waals surface area contributed by atoms with Crippen LogP contribution >= 0.6 is 12.4 Å². The van der Waals surface area contributed by atoms with Crippen LogP contribution in [0.5, 0.6) is 0 Å². The van der Waals surface area contributed by atoms with Gasteiger partial charge in [-0.25, -0.2) is 8.42 Å². The molecule has 1 N–H and O–H groups in total. The fourth-order valence-corrected chi connectivity index (χ4v) is 3.92. The van der Waals surface area contributed by atoms with Gasteiger partial charge < -0.3 is 5.32 Å². The van der Waals surface area contributed by atoms with Gasteiger partial charge in [0.05, 0.1) is 10.5 Å². The summed E-state index contributed by atoms with van der Waals surface area (Å²) in [6, 6.07) is 4.19. The molecule has 4 nitrogen and oxygen atoms in total. The average molecular weight is 345 g/mol. The van der Waals surface area contributed by atoms with E-state index in [1.807, 2.05) is 0 Å². The molecule has 0 bridgehead atoms. The minimum atomic E-state index is -4.69. The Balaban J connectivity index is 0.00000220. The SMILES string of the molecule is CC1CN(S(=O)(=O)c2ccccc2C(F)(F)F)CCN1.Cl. The molecule has 0 aromatic heterocycles. The highest BCUT2D eigenvalue weighted by Gasteiger charge is 2.39. The predicted molar refractivity (Wildman–Crippen MR) is 74.9 cm³/mol. The van der Waals surface area contributed by atoms with Crippen LogP contribution in [0.1, 0.15) is 12.5 Å². The summed E-state index contributed by atoms with van der Waals surface area (Å²) in [4.78, 5) is -0.679. The summed E-state index contributed by atoms with van der Waals surface area (Å²) in [5.74, 6) is 0. The molecule has 1 saturated heterocycles. The van der Waals surface area contributed by atoms with Gasteiger partial charge in [-0.3, -0.25) is 0 Å². The molecule has 1 aliphatic rings. The zero-order valence-corrected chi connectivity index (χ0v) is 12.9. The fraction of sp³-hybridized carbons (Fsp3) is 0.500.